The fourth-order valence-corrected chi connectivity index (χ4v) is 2.62. The molecule has 114 valence electrons. The van der Waals surface area contributed by atoms with E-state index >= 15 is 0 Å². The van der Waals surface area contributed by atoms with Crippen molar-refractivity contribution in [2.45, 2.75) is 32.8 Å². The molecule has 1 heterocycles. The summed E-state index contributed by atoms with van der Waals surface area (Å²) in [6.45, 7) is 6.03. The molecule has 0 spiro atoms. The zero-order chi connectivity index (χ0) is 15.6. The molecule has 0 bridgehead atoms. The van der Waals surface area contributed by atoms with Gasteiger partial charge in [-0.3, -0.25) is 4.79 Å². The van der Waals surface area contributed by atoms with Gasteiger partial charge in [0, 0.05) is 11.9 Å². The highest BCUT2D eigenvalue weighted by Gasteiger charge is 2.23. The van der Waals surface area contributed by atoms with Crippen molar-refractivity contribution in [3.8, 4) is 0 Å². The van der Waals surface area contributed by atoms with Gasteiger partial charge in [-0.25, -0.2) is 0 Å². The molecule has 5 N–H and O–H groups in total. The lowest BCUT2D eigenvalue weighted by Gasteiger charge is -2.25. The molecule has 0 aliphatic rings. The highest BCUT2D eigenvalue weighted by atomic mass is 16.3. The van der Waals surface area contributed by atoms with Crippen molar-refractivity contribution in [3.05, 3.63) is 30.0 Å². The highest BCUT2D eigenvalue weighted by molar-refractivity contribution is 6.00. The van der Waals surface area contributed by atoms with E-state index in [9.17, 15) is 9.90 Å². The van der Waals surface area contributed by atoms with Crippen LogP contribution >= 0.6 is 0 Å². The predicted molar refractivity (Wildman–Crippen MR) is 85.1 cm³/mol. The van der Waals surface area contributed by atoms with E-state index in [0.717, 1.165) is 10.9 Å². The topological polar surface area (TPSA) is 91.1 Å². The number of nitrogens with one attached hydrogen (secondary N) is 2. The number of nitrogen functional groups attached to an aromatic ring is 1. The number of benzene rings is 1. The molecule has 5 nitrogen and oxygen atoms in total. The number of H-pyrrole nitrogens is 1. The Balaban J connectivity index is 2.07. The second kappa shape index (κ2) is 5.77. The minimum atomic E-state index is -0.908. The maximum absolute atomic E-state index is 12.2. The Kier molecular flexibility index (Phi) is 4.23. The summed E-state index contributed by atoms with van der Waals surface area (Å²) in [7, 11) is 0. The van der Waals surface area contributed by atoms with Gasteiger partial charge in [0.2, 0.25) is 0 Å². The predicted octanol–water partition coefficient (Wildman–Crippen LogP) is 2.28. The first kappa shape index (κ1) is 15.4. The number of aromatic nitrogens is 1. The molecule has 0 fully saturated rings. The zero-order valence-electron chi connectivity index (χ0n) is 12.7. The van der Waals surface area contributed by atoms with Gasteiger partial charge < -0.3 is 21.1 Å². The van der Waals surface area contributed by atoms with Crippen LogP contribution in [0.15, 0.2) is 24.3 Å². The van der Waals surface area contributed by atoms with E-state index in [1.165, 1.54) is 0 Å². The van der Waals surface area contributed by atoms with Gasteiger partial charge in [-0.1, -0.05) is 26.0 Å². The standard InChI is InChI=1S/C16H23N3O2/c1-10(2)8-16(3,21)9-18-15(20)13-7-11-5-4-6-12(17)14(11)19-13/h4-7,10,19,21H,8-9,17H2,1-3H3,(H,18,20). The average molecular weight is 289 g/mol. The lowest BCUT2D eigenvalue weighted by Crippen LogP contribution is -2.41. The van der Waals surface area contributed by atoms with Crippen LogP contribution in [0.25, 0.3) is 10.9 Å². The number of hydrogen-bond donors (Lipinski definition) is 4. The number of aromatic amines is 1. The number of rotatable bonds is 5. The smallest absolute Gasteiger partial charge is 0.267 e. The van der Waals surface area contributed by atoms with E-state index in [-0.39, 0.29) is 12.5 Å². The molecule has 0 aliphatic carbocycles. The Hall–Kier alpha value is -2.01. The fourth-order valence-electron chi connectivity index (χ4n) is 2.62. The molecule has 1 amide bonds. The number of carbonyl (C=O) groups excluding carboxylic acids is 1. The summed E-state index contributed by atoms with van der Waals surface area (Å²) in [4.78, 5) is 15.2. The molecular weight excluding hydrogens is 266 g/mol. The molecule has 5 heteroatoms. The summed E-state index contributed by atoms with van der Waals surface area (Å²) in [6.07, 6.45) is 0.632. The first-order valence-corrected chi connectivity index (χ1v) is 7.16. The first-order valence-electron chi connectivity index (χ1n) is 7.16. The van der Waals surface area contributed by atoms with Crippen LogP contribution in [0.3, 0.4) is 0 Å². The average Bonchev–Trinajstić information content (AvgIpc) is 2.80. The van der Waals surface area contributed by atoms with Gasteiger partial charge in [0.15, 0.2) is 0 Å². The molecule has 1 aromatic carbocycles. The van der Waals surface area contributed by atoms with Crippen LogP contribution in [0.4, 0.5) is 5.69 Å². The maximum atomic E-state index is 12.2. The Labute approximate surface area is 124 Å². The Morgan fingerprint density at radius 3 is 2.81 bits per heavy atom. The number of anilines is 1. The molecule has 0 saturated carbocycles. The number of fused-ring (bicyclic) bond motifs is 1. The normalized spacial score (nSPS) is 14.3. The van der Waals surface area contributed by atoms with E-state index in [1.807, 2.05) is 26.0 Å². The second-order valence-electron chi connectivity index (χ2n) is 6.27. The quantitative estimate of drug-likeness (QED) is 0.636. The summed E-state index contributed by atoms with van der Waals surface area (Å²) >= 11 is 0. The van der Waals surface area contributed by atoms with E-state index in [2.05, 4.69) is 10.3 Å². The highest BCUT2D eigenvalue weighted by Crippen LogP contribution is 2.21. The Bertz CT molecular complexity index is 644. The number of para-hydroxylation sites is 1. The summed E-state index contributed by atoms with van der Waals surface area (Å²) in [5, 5.41) is 13.9. The molecule has 1 atom stereocenters. The monoisotopic (exact) mass is 289 g/mol. The molecule has 0 radical (unpaired) electrons. The molecule has 2 rings (SSSR count). The summed E-state index contributed by atoms with van der Waals surface area (Å²) in [5.41, 5.74) is 6.77. The van der Waals surface area contributed by atoms with Gasteiger partial charge in [0.1, 0.15) is 5.69 Å². The van der Waals surface area contributed by atoms with Crippen molar-refractivity contribution in [1.82, 2.24) is 10.3 Å². The van der Waals surface area contributed by atoms with Gasteiger partial charge in [0.25, 0.3) is 5.91 Å². The van der Waals surface area contributed by atoms with Crippen molar-refractivity contribution >= 4 is 22.5 Å². The van der Waals surface area contributed by atoms with Crippen molar-refractivity contribution in [2.24, 2.45) is 5.92 Å². The molecule has 1 aromatic heterocycles. The van der Waals surface area contributed by atoms with Crippen LogP contribution in [0.1, 0.15) is 37.7 Å². The zero-order valence-corrected chi connectivity index (χ0v) is 12.7. The lowest BCUT2D eigenvalue weighted by molar-refractivity contribution is 0.0367. The number of nitrogens with two attached hydrogens (primary N) is 1. The third-order valence-corrected chi connectivity index (χ3v) is 3.41. The summed E-state index contributed by atoms with van der Waals surface area (Å²) in [6, 6.07) is 7.29. The van der Waals surface area contributed by atoms with E-state index in [4.69, 9.17) is 5.73 Å². The van der Waals surface area contributed by atoms with Crippen LogP contribution < -0.4 is 11.1 Å². The summed E-state index contributed by atoms with van der Waals surface area (Å²) < 4.78 is 0. The van der Waals surface area contributed by atoms with Crippen molar-refractivity contribution < 1.29 is 9.90 Å². The summed E-state index contributed by atoms with van der Waals surface area (Å²) in [5.74, 6) is 0.124. The molecule has 0 aliphatic heterocycles. The van der Waals surface area contributed by atoms with Crippen molar-refractivity contribution in [2.75, 3.05) is 12.3 Å². The lowest BCUT2D eigenvalue weighted by atomic mass is 9.94. The third kappa shape index (κ3) is 3.76. The maximum Gasteiger partial charge on any atom is 0.267 e. The van der Waals surface area contributed by atoms with E-state index < -0.39 is 5.60 Å². The van der Waals surface area contributed by atoms with Crippen LogP contribution in [0, 0.1) is 5.92 Å². The molecule has 21 heavy (non-hydrogen) atoms. The number of carbonyl (C=O) groups is 1. The number of hydrogen-bond acceptors (Lipinski definition) is 3. The van der Waals surface area contributed by atoms with Gasteiger partial charge >= 0.3 is 0 Å². The van der Waals surface area contributed by atoms with Crippen LogP contribution in [-0.2, 0) is 0 Å². The van der Waals surface area contributed by atoms with Crippen LogP contribution in [0.2, 0.25) is 0 Å². The second-order valence-corrected chi connectivity index (χ2v) is 6.27. The number of amides is 1. The largest absolute Gasteiger partial charge is 0.397 e. The van der Waals surface area contributed by atoms with E-state index in [0.29, 0.717) is 23.7 Å². The van der Waals surface area contributed by atoms with E-state index in [1.54, 1.807) is 19.1 Å². The Morgan fingerprint density at radius 1 is 1.48 bits per heavy atom. The van der Waals surface area contributed by atoms with Gasteiger partial charge in [-0.15, -0.1) is 0 Å². The van der Waals surface area contributed by atoms with Crippen molar-refractivity contribution in [3.63, 3.8) is 0 Å². The number of aliphatic hydroxyl groups is 1. The third-order valence-electron chi connectivity index (χ3n) is 3.41. The molecule has 0 saturated heterocycles. The molecule has 2 aromatic rings. The van der Waals surface area contributed by atoms with Gasteiger partial charge in [0.05, 0.1) is 16.8 Å². The minimum Gasteiger partial charge on any atom is -0.397 e. The molecule has 1 unspecified atom stereocenters. The SMILES string of the molecule is CC(C)CC(C)(O)CNC(=O)c1cc2cccc(N)c2[nH]1. The van der Waals surface area contributed by atoms with Crippen molar-refractivity contribution in [1.29, 1.82) is 0 Å². The van der Waals surface area contributed by atoms with Crippen LogP contribution in [-0.4, -0.2) is 28.1 Å². The first-order chi connectivity index (χ1) is 9.78. The molecular formula is C16H23N3O2. The van der Waals surface area contributed by atoms with Crippen LogP contribution in [0.5, 0.6) is 0 Å². The van der Waals surface area contributed by atoms with Gasteiger partial charge in [-0.2, -0.15) is 0 Å². The Morgan fingerprint density at radius 2 is 2.19 bits per heavy atom. The fraction of sp³-hybridized carbons (Fsp3) is 0.438. The van der Waals surface area contributed by atoms with Gasteiger partial charge in [-0.05, 0) is 31.4 Å². The minimum absolute atomic E-state index is 0.217.